The second-order valence-corrected chi connectivity index (χ2v) is 9.48. The third kappa shape index (κ3) is 5.01. The van der Waals surface area contributed by atoms with Crippen molar-refractivity contribution in [3.63, 3.8) is 0 Å². The Morgan fingerprint density at radius 2 is 1.87 bits per heavy atom. The van der Waals surface area contributed by atoms with E-state index in [1.54, 1.807) is 13.8 Å². The maximum absolute atomic E-state index is 14.6. The number of sulfone groups is 1. The number of aliphatic hydroxyl groups is 1. The molecule has 1 aromatic heterocycles. The van der Waals surface area contributed by atoms with Crippen molar-refractivity contribution in [3.8, 4) is 0 Å². The molecular formula is C19H23F3N4O3S. The first-order valence-electron chi connectivity index (χ1n) is 9.44. The van der Waals surface area contributed by atoms with E-state index in [1.165, 1.54) is 0 Å². The summed E-state index contributed by atoms with van der Waals surface area (Å²) in [6.07, 6.45) is -0.0263. The predicted molar refractivity (Wildman–Crippen MR) is 106 cm³/mol. The number of nitrogens with one attached hydrogen (secondary N) is 2. The molecule has 0 fully saturated rings. The molecule has 0 radical (unpaired) electrons. The third-order valence-electron chi connectivity index (χ3n) is 4.67. The van der Waals surface area contributed by atoms with Crippen molar-refractivity contribution < 1.29 is 26.7 Å². The lowest BCUT2D eigenvalue weighted by Crippen LogP contribution is -2.27. The first-order valence-corrected chi connectivity index (χ1v) is 11.1. The Balaban J connectivity index is 1.88. The second-order valence-electron chi connectivity index (χ2n) is 7.44. The van der Waals surface area contributed by atoms with Crippen LogP contribution in [0.5, 0.6) is 0 Å². The van der Waals surface area contributed by atoms with Gasteiger partial charge >= 0.3 is 0 Å². The largest absolute Gasteiger partial charge is 0.393 e. The number of aryl methyl sites for hydroxylation is 1. The van der Waals surface area contributed by atoms with Gasteiger partial charge in [-0.05, 0) is 32.4 Å². The van der Waals surface area contributed by atoms with Crippen LogP contribution in [0.25, 0.3) is 0 Å². The maximum Gasteiger partial charge on any atom is 0.290 e. The number of aliphatic hydroxyl groups excluding tert-OH is 1. The van der Waals surface area contributed by atoms with Gasteiger partial charge in [-0.3, -0.25) is 0 Å². The Hall–Kier alpha value is -2.40. The van der Waals surface area contributed by atoms with Crippen LogP contribution in [0.3, 0.4) is 0 Å². The Morgan fingerprint density at radius 3 is 2.50 bits per heavy atom. The number of aromatic nitrogens is 2. The van der Waals surface area contributed by atoms with Crippen LogP contribution in [0, 0.1) is 5.82 Å². The molecule has 11 heteroatoms. The Kier molecular flexibility index (Phi) is 6.23. The summed E-state index contributed by atoms with van der Waals surface area (Å²) in [5.74, 6) is -4.31. The molecular weight excluding hydrogens is 421 g/mol. The average Bonchev–Trinajstić information content (AvgIpc) is 2.94. The van der Waals surface area contributed by atoms with Crippen molar-refractivity contribution in [2.75, 3.05) is 22.9 Å². The molecule has 0 unspecified atom stereocenters. The van der Waals surface area contributed by atoms with Crippen molar-refractivity contribution in [2.45, 2.75) is 49.7 Å². The highest BCUT2D eigenvalue weighted by Gasteiger charge is 2.36. The first kappa shape index (κ1) is 22.3. The summed E-state index contributed by atoms with van der Waals surface area (Å²) in [5, 5.41) is 14.9. The van der Waals surface area contributed by atoms with Gasteiger partial charge < -0.3 is 15.7 Å². The molecule has 0 saturated heterocycles. The highest BCUT2D eigenvalue weighted by molar-refractivity contribution is 7.91. The summed E-state index contributed by atoms with van der Waals surface area (Å²) in [6, 6.07) is 3.59. The van der Waals surface area contributed by atoms with E-state index < -0.39 is 39.8 Å². The minimum Gasteiger partial charge on any atom is -0.393 e. The van der Waals surface area contributed by atoms with E-state index in [0.29, 0.717) is 6.42 Å². The van der Waals surface area contributed by atoms with E-state index in [0.717, 1.165) is 24.3 Å². The van der Waals surface area contributed by atoms with Gasteiger partial charge in [0.25, 0.3) is 5.92 Å². The Morgan fingerprint density at radius 1 is 1.20 bits per heavy atom. The number of hydrogen-bond acceptors (Lipinski definition) is 7. The summed E-state index contributed by atoms with van der Waals surface area (Å²) in [6.45, 7) is 2.48. The minimum absolute atomic E-state index is 0.0894. The van der Waals surface area contributed by atoms with E-state index in [2.05, 4.69) is 20.6 Å². The molecule has 2 aromatic rings. The fraction of sp³-hybridized carbons (Fsp3) is 0.474. The van der Waals surface area contributed by atoms with Gasteiger partial charge in [0.05, 0.1) is 24.1 Å². The summed E-state index contributed by atoms with van der Waals surface area (Å²) < 4.78 is 66.9. The zero-order chi connectivity index (χ0) is 22.1. The van der Waals surface area contributed by atoms with Gasteiger partial charge in [-0.2, -0.15) is 13.8 Å². The van der Waals surface area contributed by atoms with Gasteiger partial charge in [0.2, 0.25) is 5.95 Å². The summed E-state index contributed by atoms with van der Waals surface area (Å²) in [4.78, 5) is 8.15. The summed E-state index contributed by atoms with van der Waals surface area (Å²) >= 11 is 0. The van der Waals surface area contributed by atoms with Gasteiger partial charge in [-0.15, -0.1) is 0 Å². The van der Waals surface area contributed by atoms with Gasteiger partial charge in [0.15, 0.2) is 15.7 Å². The van der Waals surface area contributed by atoms with Gasteiger partial charge in [0.1, 0.15) is 10.7 Å². The second kappa shape index (κ2) is 8.38. The molecule has 1 aromatic carbocycles. The SMILES string of the molecule is C[C@H](O)C[C@@H](C)Nc1nc2c(c(NCC(F)(F)c3ccc(F)cc3)n1)S(=O)(=O)CC2. The number of benzene rings is 1. The number of hydrogen-bond donors (Lipinski definition) is 3. The molecule has 164 valence electrons. The van der Waals surface area contributed by atoms with Crippen LogP contribution in [0.1, 0.15) is 31.5 Å². The van der Waals surface area contributed by atoms with Crippen LogP contribution < -0.4 is 10.6 Å². The molecule has 2 heterocycles. The lowest BCUT2D eigenvalue weighted by molar-refractivity contribution is 0.0104. The molecule has 7 nitrogen and oxygen atoms in total. The highest BCUT2D eigenvalue weighted by Crippen LogP contribution is 2.34. The van der Waals surface area contributed by atoms with Gasteiger partial charge in [-0.25, -0.2) is 17.8 Å². The maximum atomic E-state index is 14.6. The number of anilines is 2. The smallest absolute Gasteiger partial charge is 0.290 e. The molecule has 1 aliphatic heterocycles. The van der Waals surface area contributed by atoms with Crippen molar-refractivity contribution >= 4 is 21.6 Å². The van der Waals surface area contributed by atoms with E-state index in [-0.39, 0.29) is 40.6 Å². The topological polar surface area (TPSA) is 104 Å². The fourth-order valence-corrected chi connectivity index (χ4v) is 4.88. The molecule has 0 saturated carbocycles. The molecule has 2 atom stereocenters. The van der Waals surface area contributed by atoms with Crippen LogP contribution in [0.2, 0.25) is 0 Å². The monoisotopic (exact) mass is 444 g/mol. The normalized spacial score (nSPS) is 17.3. The predicted octanol–water partition coefficient (Wildman–Crippen LogP) is 2.72. The molecule has 3 rings (SSSR count). The Labute approximate surface area is 172 Å². The third-order valence-corrected chi connectivity index (χ3v) is 6.46. The van der Waals surface area contributed by atoms with Crippen molar-refractivity contribution in [2.24, 2.45) is 0 Å². The molecule has 0 bridgehead atoms. The number of alkyl halides is 2. The zero-order valence-electron chi connectivity index (χ0n) is 16.5. The van der Waals surface area contributed by atoms with E-state index in [1.807, 2.05) is 0 Å². The lowest BCUT2D eigenvalue weighted by atomic mass is 10.1. The van der Waals surface area contributed by atoms with E-state index >= 15 is 0 Å². The lowest BCUT2D eigenvalue weighted by Gasteiger charge is -2.20. The first-order chi connectivity index (χ1) is 14.0. The summed E-state index contributed by atoms with van der Waals surface area (Å²) in [7, 11) is -3.69. The van der Waals surface area contributed by atoms with Crippen LogP contribution in [-0.4, -0.2) is 47.9 Å². The van der Waals surface area contributed by atoms with Crippen LogP contribution >= 0.6 is 0 Å². The summed E-state index contributed by atoms with van der Waals surface area (Å²) in [5.41, 5.74) is -0.154. The van der Waals surface area contributed by atoms with E-state index in [4.69, 9.17) is 0 Å². The quantitative estimate of drug-likeness (QED) is 0.575. The number of rotatable bonds is 8. The molecule has 3 N–H and O–H groups in total. The highest BCUT2D eigenvalue weighted by atomic mass is 32.2. The number of fused-ring (bicyclic) bond motifs is 1. The average molecular weight is 444 g/mol. The molecule has 0 amide bonds. The molecule has 1 aliphatic rings. The van der Waals surface area contributed by atoms with Gasteiger partial charge in [0, 0.05) is 18.0 Å². The van der Waals surface area contributed by atoms with E-state index in [9.17, 15) is 26.7 Å². The minimum atomic E-state index is -3.69. The number of nitrogens with zero attached hydrogens (tertiary/aromatic N) is 2. The van der Waals surface area contributed by atoms with Crippen LogP contribution in [0.4, 0.5) is 24.9 Å². The molecule has 0 spiro atoms. The van der Waals surface area contributed by atoms with Crippen molar-refractivity contribution in [1.29, 1.82) is 0 Å². The van der Waals surface area contributed by atoms with Crippen LogP contribution in [0.15, 0.2) is 29.2 Å². The van der Waals surface area contributed by atoms with Crippen molar-refractivity contribution in [1.82, 2.24) is 9.97 Å². The zero-order valence-corrected chi connectivity index (χ0v) is 17.3. The van der Waals surface area contributed by atoms with Gasteiger partial charge in [-0.1, -0.05) is 12.1 Å². The number of halogens is 3. The molecule has 30 heavy (non-hydrogen) atoms. The molecule has 0 aliphatic carbocycles. The van der Waals surface area contributed by atoms with Crippen LogP contribution in [-0.2, 0) is 22.2 Å². The Bertz CT molecular complexity index is 1010. The standard InChI is InChI=1S/C19H23F3N4O3S/c1-11(9-12(2)27)24-18-25-15-7-8-30(28,29)16(15)17(26-18)23-10-19(21,22)13-3-5-14(20)6-4-13/h3-6,11-12,27H,7-10H2,1-2H3,(H2,23,24,25,26)/t11-,12+/m1/s1. The van der Waals surface area contributed by atoms with Crippen molar-refractivity contribution in [3.05, 3.63) is 41.3 Å². The fourth-order valence-electron chi connectivity index (χ4n) is 3.29.